The quantitative estimate of drug-likeness (QED) is 0.578. The van der Waals surface area contributed by atoms with Gasteiger partial charge in [-0.3, -0.25) is 9.59 Å². The SMILES string of the molecule is CSc1ccccc1NC(=O)COC(=O)CSc1ccc(C)cc1C. The van der Waals surface area contributed by atoms with E-state index in [0.717, 1.165) is 21.0 Å². The van der Waals surface area contributed by atoms with Crippen molar-refractivity contribution in [2.24, 2.45) is 0 Å². The number of carbonyl (C=O) groups is 2. The van der Waals surface area contributed by atoms with Crippen LogP contribution in [0.4, 0.5) is 5.69 Å². The lowest BCUT2D eigenvalue weighted by atomic mass is 10.2. The van der Waals surface area contributed by atoms with E-state index in [2.05, 4.69) is 11.4 Å². The van der Waals surface area contributed by atoms with Crippen LogP contribution in [0.2, 0.25) is 0 Å². The number of nitrogens with one attached hydrogen (secondary N) is 1. The number of amides is 1. The Morgan fingerprint density at radius 1 is 1.08 bits per heavy atom. The minimum atomic E-state index is -0.404. The van der Waals surface area contributed by atoms with Gasteiger partial charge in [0.25, 0.3) is 5.91 Å². The van der Waals surface area contributed by atoms with Crippen molar-refractivity contribution >= 4 is 41.1 Å². The monoisotopic (exact) mass is 375 g/mol. The summed E-state index contributed by atoms with van der Waals surface area (Å²) >= 11 is 2.96. The number of esters is 1. The average Bonchev–Trinajstić information content (AvgIpc) is 2.59. The number of benzene rings is 2. The van der Waals surface area contributed by atoms with Crippen LogP contribution < -0.4 is 5.32 Å². The van der Waals surface area contributed by atoms with Crippen molar-refractivity contribution < 1.29 is 14.3 Å². The number of thioether (sulfide) groups is 2. The largest absolute Gasteiger partial charge is 0.455 e. The highest BCUT2D eigenvalue weighted by Crippen LogP contribution is 2.25. The van der Waals surface area contributed by atoms with Gasteiger partial charge in [0.1, 0.15) is 0 Å². The molecule has 0 saturated heterocycles. The molecule has 0 aliphatic carbocycles. The molecule has 0 spiro atoms. The highest BCUT2D eigenvalue weighted by Gasteiger charge is 2.11. The number of hydrogen-bond donors (Lipinski definition) is 1. The van der Waals surface area contributed by atoms with Crippen molar-refractivity contribution in [1.82, 2.24) is 0 Å². The maximum absolute atomic E-state index is 11.9. The number of ether oxygens (including phenoxy) is 1. The summed E-state index contributed by atoms with van der Waals surface area (Å²) in [6.07, 6.45) is 1.94. The van der Waals surface area contributed by atoms with E-state index in [1.807, 2.05) is 56.5 Å². The molecule has 2 rings (SSSR count). The number of rotatable bonds is 7. The van der Waals surface area contributed by atoms with Gasteiger partial charge in [-0.2, -0.15) is 0 Å². The van der Waals surface area contributed by atoms with Crippen LogP contribution in [-0.2, 0) is 14.3 Å². The zero-order chi connectivity index (χ0) is 18.2. The molecule has 0 aliphatic heterocycles. The third kappa shape index (κ3) is 6.14. The summed E-state index contributed by atoms with van der Waals surface area (Å²) in [6.45, 7) is 3.76. The van der Waals surface area contributed by atoms with Crippen molar-refractivity contribution in [3.05, 3.63) is 53.6 Å². The van der Waals surface area contributed by atoms with Gasteiger partial charge < -0.3 is 10.1 Å². The van der Waals surface area contributed by atoms with E-state index in [9.17, 15) is 9.59 Å². The standard InChI is InChI=1S/C19H21NO3S2/c1-13-8-9-16(14(2)10-13)25-12-19(22)23-11-18(21)20-15-6-4-5-7-17(15)24-3/h4-10H,11-12H2,1-3H3,(H,20,21). The normalized spacial score (nSPS) is 10.4. The van der Waals surface area contributed by atoms with Crippen LogP contribution in [-0.4, -0.2) is 30.5 Å². The Bertz CT molecular complexity index is 762. The molecule has 0 heterocycles. The molecule has 2 aromatic carbocycles. The molecule has 2 aromatic rings. The van der Waals surface area contributed by atoms with Gasteiger partial charge in [-0.15, -0.1) is 23.5 Å². The van der Waals surface area contributed by atoms with Crippen molar-refractivity contribution in [3.8, 4) is 0 Å². The Balaban J connectivity index is 1.78. The molecule has 0 fully saturated rings. The highest BCUT2D eigenvalue weighted by molar-refractivity contribution is 8.00. The van der Waals surface area contributed by atoms with Gasteiger partial charge in [-0.25, -0.2) is 0 Å². The molecule has 0 unspecified atom stereocenters. The van der Waals surface area contributed by atoms with Gasteiger partial charge in [0.2, 0.25) is 0 Å². The fourth-order valence-electron chi connectivity index (χ4n) is 2.22. The Hall–Kier alpha value is -1.92. The zero-order valence-electron chi connectivity index (χ0n) is 14.5. The Morgan fingerprint density at radius 2 is 1.84 bits per heavy atom. The second kappa shape index (κ2) is 9.53. The molecular formula is C19H21NO3S2. The maximum atomic E-state index is 11.9. The molecule has 0 aromatic heterocycles. The van der Waals surface area contributed by atoms with Gasteiger partial charge in [-0.1, -0.05) is 29.8 Å². The fraction of sp³-hybridized carbons (Fsp3) is 0.263. The number of anilines is 1. The lowest BCUT2D eigenvalue weighted by Crippen LogP contribution is -2.21. The Morgan fingerprint density at radius 3 is 2.56 bits per heavy atom. The van der Waals surface area contributed by atoms with Crippen LogP contribution in [0.3, 0.4) is 0 Å². The second-order valence-corrected chi connectivity index (χ2v) is 7.33. The molecule has 25 heavy (non-hydrogen) atoms. The number of aryl methyl sites for hydroxylation is 2. The minimum absolute atomic E-state index is 0.179. The molecular weight excluding hydrogens is 354 g/mol. The van der Waals surface area contributed by atoms with Gasteiger partial charge in [0.05, 0.1) is 11.4 Å². The molecule has 0 aliphatic rings. The molecule has 0 saturated carbocycles. The zero-order valence-corrected chi connectivity index (χ0v) is 16.1. The summed E-state index contributed by atoms with van der Waals surface area (Å²) in [5.74, 6) is -0.567. The summed E-state index contributed by atoms with van der Waals surface area (Å²) in [7, 11) is 0. The molecule has 6 heteroatoms. The van der Waals surface area contributed by atoms with Gasteiger partial charge in [0.15, 0.2) is 6.61 Å². The summed E-state index contributed by atoms with van der Waals surface area (Å²) in [6, 6.07) is 13.6. The number of para-hydroxylation sites is 1. The predicted molar refractivity (Wildman–Crippen MR) is 104 cm³/mol. The second-order valence-electron chi connectivity index (χ2n) is 5.47. The van der Waals surface area contributed by atoms with Gasteiger partial charge >= 0.3 is 5.97 Å². The molecule has 1 N–H and O–H groups in total. The van der Waals surface area contributed by atoms with E-state index in [-0.39, 0.29) is 18.3 Å². The lowest BCUT2D eigenvalue weighted by Gasteiger charge is -2.10. The first-order valence-corrected chi connectivity index (χ1v) is 9.99. The minimum Gasteiger partial charge on any atom is -0.455 e. The van der Waals surface area contributed by atoms with Gasteiger partial charge in [-0.05, 0) is 43.9 Å². The van der Waals surface area contributed by atoms with Crippen LogP contribution in [0.5, 0.6) is 0 Å². The fourth-order valence-corrected chi connectivity index (χ4v) is 3.58. The number of hydrogen-bond acceptors (Lipinski definition) is 5. The summed E-state index contributed by atoms with van der Waals surface area (Å²) < 4.78 is 5.06. The van der Waals surface area contributed by atoms with Crippen LogP contribution in [0.15, 0.2) is 52.3 Å². The van der Waals surface area contributed by atoms with E-state index < -0.39 is 5.97 Å². The van der Waals surface area contributed by atoms with Crippen molar-refractivity contribution in [3.63, 3.8) is 0 Å². The lowest BCUT2D eigenvalue weighted by molar-refractivity contribution is -0.144. The van der Waals surface area contributed by atoms with Crippen molar-refractivity contribution in [1.29, 1.82) is 0 Å². The maximum Gasteiger partial charge on any atom is 0.316 e. The first kappa shape index (κ1) is 19.4. The first-order valence-electron chi connectivity index (χ1n) is 7.78. The Labute approximate surface area is 156 Å². The topological polar surface area (TPSA) is 55.4 Å². The van der Waals surface area contributed by atoms with E-state index in [4.69, 9.17) is 4.74 Å². The van der Waals surface area contributed by atoms with E-state index >= 15 is 0 Å². The van der Waals surface area contributed by atoms with Crippen LogP contribution in [0.1, 0.15) is 11.1 Å². The average molecular weight is 376 g/mol. The third-order valence-electron chi connectivity index (χ3n) is 3.42. The number of carbonyl (C=O) groups excluding carboxylic acids is 2. The van der Waals surface area contributed by atoms with Crippen molar-refractivity contribution in [2.45, 2.75) is 23.6 Å². The molecule has 0 bridgehead atoms. The smallest absolute Gasteiger partial charge is 0.316 e. The van der Waals surface area contributed by atoms with Gasteiger partial charge in [0, 0.05) is 9.79 Å². The molecule has 0 radical (unpaired) electrons. The predicted octanol–water partition coefficient (Wildman–Crippen LogP) is 4.30. The molecule has 132 valence electrons. The molecule has 4 nitrogen and oxygen atoms in total. The first-order chi connectivity index (χ1) is 12.0. The summed E-state index contributed by atoms with van der Waals surface area (Å²) in [4.78, 5) is 25.8. The highest BCUT2D eigenvalue weighted by atomic mass is 32.2. The summed E-state index contributed by atoms with van der Waals surface area (Å²) in [5, 5.41) is 2.76. The van der Waals surface area contributed by atoms with Crippen molar-refractivity contribution in [2.75, 3.05) is 23.9 Å². The van der Waals surface area contributed by atoms with E-state index in [0.29, 0.717) is 0 Å². The molecule has 1 amide bonds. The van der Waals surface area contributed by atoms with E-state index in [1.165, 1.54) is 17.3 Å². The summed E-state index contributed by atoms with van der Waals surface area (Å²) in [5.41, 5.74) is 3.04. The van der Waals surface area contributed by atoms with Crippen LogP contribution in [0, 0.1) is 13.8 Å². The van der Waals surface area contributed by atoms with E-state index in [1.54, 1.807) is 11.8 Å². The van der Waals surface area contributed by atoms with Crippen LogP contribution in [0.25, 0.3) is 0 Å². The Kier molecular flexibility index (Phi) is 7.40. The molecule has 0 atom stereocenters. The van der Waals surface area contributed by atoms with Crippen LogP contribution >= 0.6 is 23.5 Å². The third-order valence-corrected chi connectivity index (χ3v) is 5.37.